The summed E-state index contributed by atoms with van der Waals surface area (Å²) in [5, 5.41) is 0.223. The Hall–Kier alpha value is -1.27. The monoisotopic (exact) mass is 372 g/mol. The lowest BCUT2D eigenvalue weighted by atomic mass is 10.1. The second-order valence-corrected chi connectivity index (χ2v) is 7.78. The Morgan fingerprint density at radius 2 is 1.57 bits per heavy atom. The lowest BCUT2D eigenvalue weighted by Crippen LogP contribution is -2.26. The van der Waals surface area contributed by atoms with Crippen LogP contribution in [0.15, 0.2) is 47.4 Å². The summed E-state index contributed by atoms with van der Waals surface area (Å²) in [5.74, 6) is 0. The van der Waals surface area contributed by atoms with E-state index in [9.17, 15) is 8.42 Å². The molecule has 0 spiro atoms. The summed E-state index contributed by atoms with van der Waals surface area (Å²) >= 11 is 11.9. The lowest BCUT2D eigenvalue weighted by Gasteiger charge is -2.13. The minimum absolute atomic E-state index is 0.0775. The minimum Gasteiger partial charge on any atom is -0.378 e. The van der Waals surface area contributed by atoms with Crippen LogP contribution < -0.4 is 9.62 Å². The van der Waals surface area contributed by atoms with Crippen LogP contribution in [0, 0.1) is 0 Å². The quantitative estimate of drug-likeness (QED) is 0.842. The van der Waals surface area contributed by atoms with Crippen molar-refractivity contribution < 1.29 is 8.42 Å². The summed E-state index contributed by atoms with van der Waals surface area (Å²) in [4.78, 5) is 1.93. The van der Waals surface area contributed by atoms with Gasteiger partial charge in [0.1, 0.15) is 4.90 Å². The first kappa shape index (κ1) is 18.1. The molecule has 0 amide bonds. The van der Waals surface area contributed by atoms with Crippen LogP contribution >= 0.6 is 23.2 Å². The van der Waals surface area contributed by atoms with Gasteiger partial charge in [0, 0.05) is 26.3 Å². The molecule has 7 heteroatoms. The molecule has 23 heavy (non-hydrogen) atoms. The fourth-order valence-corrected chi connectivity index (χ4v) is 4.27. The van der Waals surface area contributed by atoms with Gasteiger partial charge in [-0.3, -0.25) is 0 Å². The van der Waals surface area contributed by atoms with Crippen molar-refractivity contribution in [2.24, 2.45) is 0 Å². The van der Waals surface area contributed by atoms with Crippen LogP contribution in [0.5, 0.6) is 0 Å². The molecule has 0 saturated heterocycles. The summed E-state index contributed by atoms with van der Waals surface area (Å²) in [6.45, 7) is 0.269. The van der Waals surface area contributed by atoms with Gasteiger partial charge in [-0.05, 0) is 36.2 Å². The van der Waals surface area contributed by atoms with E-state index in [4.69, 9.17) is 23.2 Å². The van der Waals surface area contributed by atoms with Gasteiger partial charge in [-0.2, -0.15) is 0 Å². The molecule has 0 unspecified atom stereocenters. The van der Waals surface area contributed by atoms with Gasteiger partial charge < -0.3 is 4.90 Å². The largest absolute Gasteiger partial charge is 0.378 e. The van der Waals surface area contributed by atoms with E-state index in [2.05, 4.69) is 4.72 Å². The van der Waals surface area contributed by atoms with E-state index in [0.717, 1.165) is 11.3 Å². The van der Waals surface area contributed by atoms with E-state index in [1.54, 1.807) is 6.07 Å². The van der Waals surface area contributed by atoms with Gasteiger partial charge in [-0.1, -0.05) is 41.4 Å². The molecule has 1 N–H and O–H groups in total. The molecular formula is C16H18Cl2N2O2S. The smallest absolute Gasteiger partial charge is 0.243 e. The predicted octanol–water partition coefficient (Wildman–Crippen LogP) is 3.58. The van der Waals surface area contributed by atoms with Crippen LogP contribution in [-0.2, 0) is 16.4 Å². The first-order valence-electron chi connectivity index (χ1n) is 7.01. The number of halogens is 2. The first-order valence-corrected chi connectivity index (χ1v) is 9.25. The van der Waals surface area contributed by atoms with E-state index < -0.39 is 10.0 Å². The van der Waals surface area contributed by atoms with Crippen LogP contribution in [0.2, 0.25) is 10.0 Å². The van der Waals surface area contributed by atoms with E-state index in [1.807, 2.05) is 43.3 Å². The second kappa shape index (κ2) is 7.53. The second-order valence-electron chi connectivity index (χ2n) is 5.26. The fourth-order valence-electron chi connectivity index (χ4n) is 2.10. The molecule has 0 aliphatic heterocycles. The molecule has 2 rings (SSSR count). The highest BCUT2D eigenvalue weighted by Crippen LogP contribution is 2.28. The third-order valence-electron chi connectivity index (χ3n) is 3.35. The topological polar surface area (TPSA) is 49.4 Å². The van der Waals surface area contributed by atoms with Crippen LogP contribution in [0.4, 0.5) is 5.69 Å². The van der Waals surface area contributed by atoms with Gasteiger partial charge >= 0.3 is 0 Å². The zero-order valence-corrected chi connectivity index (χ0v) is 15.2. The molecular weight excluding hydrogens is 355 g/mol. The third kappa shape index (κ3) is 4.61. The maximum absolute atomic E-state index is 12.3. The summed E-state index contributed by atoms with van der Waals surface area (Å²) in [6.07, 6.45) is 0.578. The Morgan fingerprint density at radius 3 is 2.09 bits per heavy atom. The van der Waals surface area contributed by atoms with E-state index in [1.165, 1.54) is 12.1 Å². The van der Waals surface area contributed by atoms with Crippen molar-refractivity contribution in [2.75, 3.05) is 25.5 Å². The molecule has 4 nitrogen and oxygen atoms in total. The van der Waals surface area contributed by atoms with Crippen LogP contribution in [0.3, 0.4) is 0 Å². The van der Waals surface area contributed by atoms with Crippen molar-refractivity contribution in [1.29, 1.82) is 0 Å². The summed E-state index contributed by atoms with van der Waals surface area (Å²) in [7, 11) is 0.202. The molecule has 0 aromatic heterocycles. The van der Waals surface area contributed by atoms with Crippen molar-refractivity contribution in [2.45, 2.75) is 11.3 Å². The molecule has 0 radical (unpaired) electrons. The number of sulfonamides is 1. The molecule has 0 aliphatic carbocycles. The highest BCUT2D eigenvalue weighted by Gasteiger charge is 2.20. The summed E-state index contributed by atoms with van der Waals surface area (Å²) in [5.41, 5.74) is 2.14. The summed E-state index contributed by atoms with van der Waals surface area (Å²) < 4.78 is 27.2. The number of benzene rings is 2. The van der Waals surface area contributed by atoms with E-state index >= 15 is 0 Å². The van der Waals surface area contributed by atoms with Gasteiger partial charge in [0.15, 0.2) is 0 Å². The molecule has 0 heterocycles. The number of hydrogen-bond donors (Lipinski definition) is 1. The average molecular weight is 373 g/mol. The Balaban J connectivity index is 2.03. The predicted molar refractivity (Wildman–Crippen MR) is 96.1 cm³/mol. The fraction of sp³-hybridized carbons (Fsp3) is 0.250. The molecule has 0 aliphatic rings. The van der Waals surface area contributed by atoms with E-state index in [-0.39, 0.29) is 21.5 Å². The molecule has 0 saturated carbocycles. The van der Waals surface area contributed by atoms with Gasteiger partial charge in [-0.15, -0.1) is 0 Å². The maximum atomic E-state index is 12.3. The Labute approximate surface area is 147 Å². The number of nitrogens with zero attached hydrogens (tertiary/aromatic N) is 1. The van der Waals surface area contributed by atoms with Crippen molar-refractivity contribution in [3.8, 4) is 0 Å². The Morgan fingerprint density at radius 1 is 1.00 bits per heavy atom. The number of hydrogen-bond acceptors (Lipinski definition) is 3. The number of rotatable bonds is 6. The van der Waals surface area contributed by atoms with Crippen molar-refractivity contribution in [1.82, 2.24) is 4.72 Å². The molecule has 2 aromatic carbocycles. The van der Waals surface area contributed by atoms with Gasteiger partial charge in [-0.25, -0.2) is 13.1 Å². The number of nitrogens with one attached hydrogen (secondary N) is 1. The molecule has 2 aromatic rings. The average Bonchev–Trinajstić information content (AvgIpc) is 2.47. The van der Waals surface area contributed by atoms with Gasteiger partial charge in [0.2, 0.25) is 10.0 Å². The number of anilines is 1. The van der Waals surface area contributed by atoms with Crippen molar-refractivity contribution in [3.63, 3.8) is 0 Å². The SMILES string of the molecule is CN(C)c1ccc(CCNS(=O)(=O)c2c(Cl)cccc2Cl)cc1. The highest BCUT2D eigenvalue weighted by molar-refractivity contribution is 7.89. The van der Waals surface area contributed by atoms with Crippen molar-refractivity contribution in [3.05, 3.63) is 58.1 Å². The zero-order valence-electron chi connectivity index (χ0n) is 12.9. The lowest BCUT2D eigenvalue weighted by molar-refractivity contribution is 0.582. The van der Waals surface area contributed by atoms with Crippen LogP contribution in [-0.4, -0.2) is 29.1 Å². The van der Waals surface area contributed by atoms with Crippen molar-refractivity contribution >= 4 is 38.9 Å². The molecule has 0 fully saturated rings. The van der Waals surface area contributed by atoms with Crippen LogP contribution in [0.25, 0.3) is 0 Å². The Kier molecular flexibility index (Phi) is 5.92. The van der Waals surface area contributed by atoms with E-state index in [0.29, 0.717) is 6.42 Å². The standard InChI is InChI=1S/C16H18Cl2N2O2S/c1-20(2)13-8-6-12(7-9-13)10-11-19-23(21,22)16-14(17)4-3-5-15(16)18/h3-9,19H,10-11H2,1-2H3. The normalized spacial score (nSPS) is 11.5. The van der Waals surface area contributed by atoms with Gasteiger partial charge in [0.25, 0.3) is 0 Å². The Bertz CT molecular complexity index is 755. The minimum atomic E-state index is -3.74. The van der Waals surface area contributed by atoms with Gasteiger partial charge in [0.05, 0.1) is 10.0 Å². The molecule has 0 atom stereocenters. The molecule has 124 valence electrons. The third-order valence-corrected chi connectivity index (χ3v) is 5.76. The summed E-state index contributed by atoms with van der Waals surface area (Å²) in [6, 6.07) is 12.6. The molecule has 0 bridgehead atoms. The van der Waals surface area contributed by atoms with Crippen LogP contribution in [0.1, 0.15) is 5.56 Å². The first-order chi connectivity index (χ1) is 10.8. The maximum Gasteiger partial charge on any atom is 0.243 e. The zero-order chi connectivity index (χ0) is 17.0. The highest BCUT2D eigenvalue weighted by atomic mass is 35.5.